The fourth-order valence-electron chi connectivity index (χ4n) is 2.67. The standard InChI is InChI=1S/C18H16N4O3/c23-18(14-2-1-5-19-11-14)21-7-9-22-8-6-20-17(22)13-3-4-15-16(10-13)25-12-24-15/h1-6,8,10-11H,7,9,12H2,(H,21,23). The van der Waals surface area contributed by atoms with Crippen LogP contribution in [-0.2, 0) is 6.54 Å². The Hall–Kier alpha value is -3.35. The maximum atomic E-state index is 12.0. The minimum absolute atomic E-state index is 0.141. The van der Waals surface area contributed by atoms with E-state index in [1.165, 1.54) is 0 Å². The summed E-state index contributed by atoms with van der Waals surface area (Å²) in [6.45, 7) is 1.34. The predicted molar refractivity (Wildman–Crippen MR) is 90.4 cm³/mol. The smallest absolute Gasteiger partial charge is 0.252 e. The summed E-state index contributed by atoms with van der Waals surface area (Å²) in [5.41, 5.74) is 1.48. The van der Waals surface area contributed by atoms with Crippen molar-refractivity contribution in [2.24, 2.45) is 0 Å². The van der Waals surface area contributed by atoms with E-state index < -0.39 is 0 Å². The van der Waals surface area contributed by atoms with Gasteiger partial charge in [0.2, 0.25) is 6.79 Å². The van der Waals surface area contributed by atoms with Crippen LogP contribution in [0, 0.1) is 0 Å². The van der Waals surface area contributed by atoms with Crippen molar-refractivity contribution in [3.05, 3.63) is 60.7 Å². The average molecular weight is 336 g/mol. The van der Waals surface area contributed by atoms with Gasteiger partial charge in [-0.2, -0.15) is 0 Å². The summed E-state index contributed by atoms with van der Waals surface area (Å²) in [4.78, 5) is 20.4. The number of carbonyl (C=O) groups is 1. The second-order valence-electron chi connectivity index (χ2n) is 5.51. The fourth-order valence-corrected chi connectivity index (χ4v) is 2.67. The van der Waals surface area contributed by atoms with Gasteiger partial charge >= 0.3 is 0 Å². The van der Waals surface area contributed by atoms with Crippen LogP contribution in [0.1, 0.15) is 10.4 Å². The number of imidazole rings is 1. The van der Waals surface area contributed by atoms with Crippen molar-refractivity contribution >= 4 is 5.91 Å². The molecule has 0 atom stereocenters. The number of carbonyl (C=O) groups excluding carboxylic acids is 1. The molecule has 7 nitrogen and oxygen atoms in total. The molecule has 126 valence electrons. The molecule has 2 aromatic heterocycles. The lowest BCUT2D eigenvalue weighted by Gasteiger charge is -2.10. The second-order valence-corrected chi connectivity index (χ2v) is 5.51. The quantitative estimate of drug-likeness (QED) is 0.772. The zero-order valence-electron chi connectivity index (χ0n) is 13.4. The van der Waals surface area contributed by atoms with Crippen molar-refractivity contribution in [1.82, 2.24) is 19.9 Å². The first kappa shape index (κ1) is 15.2. The summed E-state index contributed by atoms with van der Waals surface area (Å²) in [7, 11) is 0. The third-order valence-corrected chi connectivity index (χ3v) is 3.91. The van der Waals surface area contributed by atoms with Crippen LogP contribution in [0.2, 0.25) is 0 Å². The van der Waals surface area contributed by atoms with Gasteiger partial charge in [-0.1, -0.05) is 0 Å². The number of nitrogens with zero attached hydrogens (tertiary/aromatic N) is 3. The fraction of sp³-hybridized carbons (Fsp3) is 0.167. The van der Waals surface area contributed by atoms with Crippen molar-refractivity contribution in [2.45, 2.75) is 6.54 Å². The molecular formula is C18H16N4O3. The van der Waals surface area contributed by atoms with Crippen LogP contribution in [0.5, 0.6) is 11.5 Å². The Morgan fingerprint density at radius 3 is 3.00 bits per heavy atom. The Morgan fingerprint density at radius 2 is 2.12 bits per heavy atom. The van der Waals surface area contributed by atoms with Gasteiger partial charge in [0.1, 0.15) is 5.82 Å². The molecule has 0 unspecified atom stereocenters. The molecule has 0 radical (unpaired) electrons. The molecule has 3 aromatic rings. The summed E-state index contributed by atoms with van der Waals surface area (Å²) < 4.78 is 12.7. The Balaban J connectivity index is 1.43. The summed E-state index contributed by atoms with van der Waals surface area (Å²) in [5.74, 6) is 2.13. The summed E-state index contributed by atoms with van der Waals surface area (Å²) in [6.07, 6.45) is 6.81. The highest BCUT2D eigenvalue weighted by Crippen LogP contribution is 2.35. The lowest BCUT2D eigenvalue weighted by Crippen LogP contribution is -2.27. The molecule has 7 heteroatoms. The number of ether oxygens (including phenoxy) is 2. The highest BCUT2D eigenvalue weighted by atomic mass is 16.7. The van der Waals surface area contributed by atoms with Gasteiger partial charge in [-0.3, -0.25) is 9.78 Å². The van der Waals surface area contributed by atoms with Crippen LogP contribution >= 0.6 is 0 Å². The highest BCUT2D eigenvalue weighted by Gasteiger charge is 2.16. The van der Waals surface area contributed by atoms with E-state index in [0.29, 0.717) is 18.7 Å². The normalized spacial score (nSPS) is 12.2. The molecule has 0 spiro atoms. The van der Waals surface area contributed by atoms with Crippen LogP contribution in [0.4, 0.5) is 0 Å². The Bertz CT molecular complexity index is 892. The molecule has 25 heavy (non-hydrogen) atoms. The van der Waals surface area contributed by atoms with Crippen LogP contribution in [0.15, 0.2) is 55.1 Å². The zero-order valence-corrected chi connectivity index (χ0v) is 13.4. The topological polar surface area (TPSA) is 78.3 Å². The third-order valence-electron chi connectivity index (χ3n) is 3.91. The minimum atomic E-state index is -0.141. The third kappa shape index (κ3) is 3.16. The number of hydrogen-bond donors (Lipinski definition) is 1. The lowest BCUT2D eigenvalue weighted by molar-refractivity contribution is 0.0952. The maximum Gasteiger partial charge on any atom is 0.252 e. The number of nitrogens with one attached hydrogen (secondary N) is 1. The van der Waals surface area contributed by atoms with Gasteiger partial charge in [0, 0.05) is 43.4 Å². The van der Waals surface area contributed by atoms with E-state index >= 15 is 0 Å². The SMILES string of the molecule is O=C(NCCn1ccnc1-c1ccc2c(c1)OCO2)c1cccnc1. The maximum absolute atomic E-state index is 12.0. The zero-order chi connectivity index (χ0) is 17.1. The largest absolute Gasteiger partial charge is 0.454 e. The van der Waals surface area contributed by atoms with Crippen molar-refractivity contribution in [3.63, 3.8) is 0 Å². The van der Waals surface area contributed by atoms with Gasteiger partial charge in [-0.05, 0) is 30.3 Å². The molecule has 1 aliphatic rings. The molecule has 3 heterocycles. The molecule has 1 N–H and O–H groups in total. The highest BCUT2D eigenvalue weighted by molar-refractivity contribution is 5.93. The Morgan fingerprint density at radius 1 is 1.20 bits per heavy atom. The van der Waals surface area contributed by atoms with Gasteiger partial charge in [0.25, 0.3) is 5.91 Å². The molecular weight excluding hydrogens is 320 g/mol. The Kier molecular flexibility index (Phi) is 4.04. The molecule has 1 amide bonds. The van der Waals surface area contributed by atoms with Gasteiger partial charge in [-0.25, -0.2) is 4.98 Å². The van der Waals surface area contributed by atoms with Gasteiger partial charge in [-0.15, -0.1) is 0 Å². The van der Waals surface area contributed by atoms with Crippen molar-refractivity contribution in [3.8, 4) is 22.9 Å². The predicted octanol–water partition coefficient (Wildman–Crippen LogP) is 2.10. The molecule has 1 aromatic carbocycles. The molecule has 0 bridgehead atoms. The molecule has 0 fully saturated rings. The van der Waals surface area contributed by atoms with Gasteiger partial charge in [0.15, 0.2) is 11.5 Å². The molecule has 1 aliphatic heterocycles. The van der Waals surface area contributed by atoms with E-state index in [-0.39, 0.29) is 12.7 Å². The van der Waals surface area contributed by atoms with Crippen molar-refractivity contribution in [1.29, 1.82) is 0 Å². The van der Waals surface area contributed by atoms with Crippen LogP contribution < -0.4 is 14.8 Å². The number of rotatable bonds is 5. The van der Waals surface area contributed by atoms with E-state index in [9.17, 15) is 4.79 Å². The number of pyridine rings is 1. The number of benzene rings is 1. The second kappa shape index (κ2) is 6.64. The van der Waals surface area contributed by atoms with Gasteiger partial charge in [0.05, 0.1) is 5.56 Å². The van der Waals surface area contributed by atoms with E-state index in [1.807, 2.05) is 29.0 Å². The average Bonchev–Trinajstić information content (AvgIpc) is 3.30. The minimum Gasteiger partial charge on any atom is -0.454 e. The van der Waals surface area contributed by atoms with Gasteiger partial charge < -0.3 is 19.4 Å². The number of fused-ring (bicyclic) bond motifs is 1. The van der Waals surface area contributed by atoms with E-state index in [1.54, 1.807) is 30.7 Å². The van der Waals surface area contributed by atoms with Crippen molar-refractivity contribution < 1.29 is 14.3 Å². The lowest BCUT2D eigenvalue weighted by atomic mass is 10.2. The van der Waals surface area contributed by atoms with Crippen LogP contribution in [-0.4, -0.2) is 33.8 Å². The van der Waals surface area contributed by atoms with E-state index in [0.717, 1.165) is 22.9 Å². The number of aromatic nitrogens is 3. The molecule has 0 saturated carbocycles. The first-order chi connectivity index (χ1) is 12.3. The molecule has 0 saturated heterocycles. The molecule has 4 rings (SSSR count). The number of hydrogen-bond acceptors (Lipinski definition) is 5. The first-order valence-corrected chi connectivity index (χ1v) is 7.90. The summed E-state index contributed by atoms with van der Waals surface area (Å²) >= 11 is 0. The van der Waals surface area contributed by atoms with Crippen LogP contribution in [0.3, 0.4) is 0 Å². The molecule has 0 aliphatic carbocycles. The first-order valence-electron chi connectivity index (χ1n) is 7.90. The van der Waals surface area contributed by atoms with Crippen molar-refractivity contribution in [2.75, 3.05) is 13.3 Å². The van der Waals surface area contributed by atoms with Crippen LogP contribution in [0.25, 0.3) is 11.4 Å². The van der Waals surface area contributed by atoms with E-state index in [2.05, 4.69) is 15.3 Å². The Labute approximate surface area is 144 Å². The summed E-state index contributed by atoms with van der Waals surface area (Å²) in [5, 5.41) is 2.89. The number of amides is 1. The monoisotopic (exact) mass is 336 g/mol. The van der Waals surface area contributed by atoms with E-state index in [4.69, 9.17) is 9.47 Å². The summed E-state index contributed by atoms with van der Waals surface area (Å²) in [6, 6.07) is 9.21.